The fraction of sp³-hybridized carbons (Fsp3) is 0.462. The second kappa shape index (κ2) is 3.59. The van der Waals surface area contributed by atoms with Gasteiger partial charge in [-0.2, -0.15) is 0 Å². The Balaban J connectivity index is 2.23. The van der Waals surface area contributed by atoms with E-state index in [-0.39, 0.29) is 5.91 Å². The Hall–Kier alpha value is -1.35. The third-order valence-electron chi connectivity index (χ3n) is 3.05. The summed E-state index contributed by atoms with van der Waals surface area (Å²) in [7, 11) is 0. The van der Waals surface area contributed by atoms with Crippen LogP contribution in [0.1, 0.15) is 28.4 Å². The van der Waals surface area contributed by atoms with Gasteiger partial charge in [0.1, 0.15) is 0 Å². The van der Waals surface area contributed by atoms with Crippen molar-refractivity contribution in [3.8, 4) is 0 Å². The average molecular weight is 219 g/mol. The SMILES string of the molecule is Cc1cccc(C)c1C(=O)N1CC(C)(O)C1. The summed E-state index contributed by atoms with van der Waals surface area (Å²) in [5, 5.41) is 9.62. The molecule has 0 aromatic heterocycles. The number of hydrogen-bond donors (Lipinski definition) is 1. The molecule has 2 rings (SSSR count). The van der Waals surface area contributed by atoms with E-state index in [2.05, 4.69) is 0 Å². The molecule has 1 amide bonds. The molecule has 1 aliphatic rings. The fourth-order valence-corrected chi connectivity index (χ4v) is 2.23. The Morgan fingerprint density at radius 1 is 1.31 bits per heavy atom. The van der Waals surface area contributed by atoms with E-state index < -0.39 is 5.60 Å². The van der Waals surface area contributed by atoms with E-state index in [0.29, 0.717) is 13.1 Å². The number of carbonyl (C=O) groups excluding carboxylic acids is 1. The van der Waals surface area contributed by atoms with Crippen molar-refractivity contribution in [2.24, 2.45) is 0 Å². The molecule has 0 saturated carbocycles. The first kappa shape index (κ1) is 11.1. The lowest BCUT2D eigenvalue weighted by molar-refractivity contribution is -0.0669. The molecule has 1 saturated heterocycles. The molecular weight excluding hydrogens is 202 g/mol. The Morgan fingerprint density at radius 2 is 1.81 bits per heavy atom. The second-order valence-electron chi connectivity index (χ2n) is 4.92. The summed E-state index contributed by atoms with van der Waals surface area (Å²) in [6.07, 6.45) is 0. The summed E-state index contributed by atoms with van der Waals surface area (Å²) in [4.78, 5) is 13.9. The van der Waals surface area contributed by atoms with Crippen LogP contribution in [0.25, 0.3) is 0 Å². The second-order valence-corrected chi connectivity index (χ2v) is 4.92. The van der Waals surface area contributed by atoms with Gasteiger partial charge in [0.05, 0.1) is 18.7 Å². The molecule has 86 valence electrons. The minimum atomic E-state index is -0.702. The van der Waals surface area contributed by atoms with Gasteiger partial charge in [-0.1, -0.05) is 18.2 Å². The first-order valence-electron chi connectivity index (χ1n) is 5.48. The molecule has 0 unspecified atom stereocenters. The first-order valence-corrected chi connectivity index (χ1v) is 5.48. The maximum atomic E-state index is 12.2. The number of rotatable bonds is 1. The van der Waals surface area contributed by atoms with Crippen molar-refractivity contribution in [3.63, 3.8) is 0 Å². The normalized spacial score (nSPS) is 18.1. The van der Waals surface area contributed by atoms with Crippen molar-refractivity contribution < 1.29 is 9.90 Å². The van der Waals surface area contributed by atoms with Crippen molar-refractivity contribution in [2.45, 2.75) is 26.4 Å². The molecule has 3 heteroatoms. The number of amides is 1. The van der Waals surface area contributed by atoms with Crippen LogP contribution in [0.4, 0.5) is 0 Å². The lowest BCUT2D eigenvalue weighted by Crippen LogP contribution is -2.61. The van der Waals surface area contributed by atoms with Crippen molar-refractivity contribution in [2.75, 3.05) is 13.1 Å². The van der Waals surface area contributed by atoms with E-state index in [1.54, 1.807) is 11.8 Å². The van der Waals surface area contributed by atoms with Crippen LogP contribution in [0.5, 0.6) is 0 Å². The van der Waals surface area contributed by atoms with Crippen LogP contribution >= 0.6 is 0 Å². The van der Waals surface area contributed by atoms with Gasteiger partial charge in [-0.15, -0.1) is 0 Å². The molecule has 1 aromatic carbocycles. The molecule has 1 aromatic rings. The molecule has 3 nitrogen and oxygen atoms in total. The predicted octanol–water partition coefficient (Wildman–Crippen LogP) is 1.51. The van der Waals surface area contributed by atoms with Gasteiger partial charge in [0, 0.05) is 5.56 Å². The van der Waals surface area contributed by atoms with Crippen LogP contribution in [0.3, 0.4) is 0 Å². The first-order chi connectivity index (χ1) is 7.41. The van der Waals surface area contributed by atoms with Gasteiger partial charge < -0.3 is 10.0 Å². The minimum absolute atomic E-state index is 0.0297. The summed E-state index contributed by atoms with van der Waals surface area (Å²) in [6.45, 7) is 6.50. The highest BCUT2D eigenvalue weighted by Crippen LogP contribution is 2.24. The highest BCUT2D eigenvalue weighted by Gasteiger charge is 2.40. The van der Waals surface area contributed by atoms with Crippen molar-refractivity contribution >= 4 is 5.91 Å². The molecule has 1 heterocycles. The summed E-state index contributed by atoms with van der Waals surface area (Å²) >= 11 is 0. The van der Waals surface area contributed by atoms with Crippen LogP contribution in [-0.2, 0) is 0 Å². The summed E-state index contributed by atoms with van der Waals surface area (Å²) in [5.74, 6) is 0.0297. The van der Waals surface area contributed by atoms with Gasteiger partial charge in [-0.05, 0) is 31.9 Å². The summed E-state index contributed by atoms with van der Waals surface area (Å²) in [5.41, 5.74) is 2.07. The van der Waals surface area contributed by atoms with Gasteiger partial charge in [0.15, 0.2) is 0 Å². The quantitative estimate of drug-likeness (QED) is 0.777. The molecule has 0 radical (unpaired) electrons. The van der Waals surface area contributed by atoms with Gasteiger partial charge in [0.2, 0.25) is 0 Å². The topological polar surface area (TPSA) is 40.5 Å². The van der Waals surface area contributed by atoms with Crippen molar-refractivity contribution in [1.29, 1.82) is 0 Å². The van der Waals surface area contributed by atoms with E-state index in [1.165, 1.54) is 0 Å². The van der Waals surface area contributed by atoms with Crippen LogP contribution in [-0.4, -0.2) is 34.6 Å². The zero-order chi connectivity index (χ0) is 11.9. The molecule has 1 fully saturated rings. The van der Waals surface area contributed by atoms with E-state index in [9.17, 15) is 9.90 Å². The number of carbonyl (C=O) groups is 1. The van der Waals surface area contributed by atoms with E-state index in [1.807, 2.05) is 32.0 Å². The lowest BCUT2D eigenvalue weighted by atomic mass is 9.93. The molecular formula is C13H17NO2. The molecule has 0 aliphatic carbocycles. The molecule has 1 N–H and O–H groups in total. The van der Waals surface area contributed by atoms with E-state index >= 15 is 0 Å². The van der Waals surface area contributed by atoms with Crippen LogP contribution in [0.2, 0.25) is 0 Å². The fourth-order valence-electron chi connectivity index (χ4n) is 2.23. The van der Waals surface area contributed by atoms with E-state index in [4.69, 9.17) is 0 Å². The van der Waals surface area contributed by atoms with E-state index in [0.717, 1.165) is 16.7 Å². The number of aryl methyl sites for hydroxylation is 2. The van der Waals surface area contributed by atoms with Crippen LogP contribution in [0, 0.1) is 13.8 Å². The van der Waals surface area contributed by atoms with Gasteiger partial charge in [0.25, 0.3) is 5.91 Å². The standard InChI is InChI=1S/C13H17NO2/c1-9-5-4-6-10(2)11(9)12(15)14-7-13(3,16)8-14/h4-6,16H,7-8H2,1-3H3. The van der Waals surface area contributed by atoms with Crippen LogP contribution in [0.15, 0.2) is 18.2 Å². The third-order valence-corrected chi connectivity index (χ3v) is 3.05. The number of benzene rings is 1. The predicted molar refractivity (Wildman–Crippen MR) is 62.4 cm³/mol. The molecule has 0 spiro atoms. The Bertz CT molecular complexity index is 409. The maximum absolute atomic E-state index is 12.2. The molecule has 16 heavy (non-hydrogen) atoms. The number of hydrogen-bond acceptors (Lipinski definition) is 2. The Labute approximate surface area is 95.7 Å². The molecule has 0 bridgehead atoms. The largest absolute Gasteiger partial charge is 0.386 e. The monoisotopic (exact) mass is 219 g/mol. The highest BCUT2D eigenvalue weighted by atomic mass is 16.3. The number of nitrogens with zero attached hydrogens (tertiary/aromatic N) is 1. The van der Waals surface area contributed by atoms with Crippen LogP contribution < -0.4 is 0 Å². The summed E-state index contributed by atoms with van der Waals surface area (Å²) < 4.78 is 0. The molecule has 0 atom stereocenters. The smallest absolute Gasteiger partial charge is 0.254 e. The minimum Gasteiger partial charge on any atom is -0.386 e. The van der Waals surface area contributed by atoms with Crippen molar-refractivity contribution in [1.82, 2.24) is 4.90 Å². The number of β-amino-alcohol motifs (C(OH)–C–C–N with tert-alkyl or cyclic N) is 1. The Morgan fingerprint density at radius 3 is 2.25 bits per heavy atom. The average Bonchev–Trinajstić information content (AvgIpc) is 2.13. The maximum Gasteiger partial charge on any atom is 0.254 e. The van der Waals surface area contributed by atoms with Gasteiger partial charge in [-0.25, -0.2) is 0 Å². The third kappa shape index (κ3) is 1.83. The highest BCUT2D eigenvalue weighted by molar-refractivity contribution is 5.97. The summed E-state index contributed by atoms with van der Waals surface area (Å²) in [6, 6.07) is 5.84. The zero-order valence-electron chi connectivity index (χ0n) is 9.95. The van der Waals surface area contributed by atoms with Crippen molar-refractivity contribution in [3.05, 3.63) is 34.9 Å². The number of likely N-dealkylation sites (tertiary alicyclic amines) is 1. The Kier molecular flexibility index (Phi) is 2.50. The van der Waals surface area contributed by atoms with Gasteiger partial charge >= 0.3 is 0 Å². The van der Waals surface area contributed by atoms with Gasteiger partial charge in [-0.3, -0.25) is 4.79 Å². The zero-order valence-corrected chi connectivity index (χ0v) is 9.95. The molecule has 1 aliphatic heterocycles. The number of aliphatic hydroxyl groups is 1. The lowest BCUT2D eigenvalue weighted by Gasteiger charge is -2.44.